The van der Waals surface area contributed by atoms with Crippen LogP contribution in [0.3, 0.4) is 0 Å². The molecule has 0 spiro atoms. The van der Waals surface area contributed by atoms with Crippen molar-refractivity contribution in [3.63, 3.8) is 0 Å². The smallest absolute Gasteiger partial charge is 0.269 e. The standard InChI is InChI=1S/C27H30N6O2/c1-28-26(34)24-18-22(10-12-29-24)35-21-8-9-25-23(17-21)31-27(32(25)2)30-20-7-5-6-19(16-20)11-15-33-13-3-4-14-33/h5-10,12,16-18H,3-4,11,13-15H2,1-2H3,(H,28,34)(H,30,31). The maximum Gasteiger partial charge on any atom is 0.269 e. The number of pyridine rings is 1. The van der Waals surface area contributed by atoms with Gasteiger partial charge >= 0.3 is 0 Å². The van der Waals surface area contributed by atoms with E-state index in [1.165, 1.54) is 31.5 Å². The normalized spacial score (nSPS) is 13.8. The van der Waals surface area contributed by atoms with Crippen LogP contribution in [0, 0.1) is 0 Å². The molecule has 0 bridgehead atoms. The van der Waals surface area contributed by atoms with Crippen LogP contribution < -0.4 is 15.4 Å². The predicted molar refractivity (Wildman–Crippen MR) is 138 cm³/mol. The number of aromatic nitrogens is 3. The fourth-order valence-corrected chi connectivity index (χ4v) is 4.45. The van der Waals surface area contributed by atoms with Crippen molar-refractivity contribution in [1.29, 1.82) is 0 Å². The van der Waals surface area contributed by atoms with Crippen molar-refractivity contribution >= 4 is 28.6 Å². The molecule has 8 heteroatoms. The number of hydrogen-bond donors (Lipinski definition) is 2. The molecule has 4 aromatic rings. The molecule has 2 aromatic carbocycles. The Morgan fingerprint density at radius 3 is 2.71 bits per heavy atom. The molecule has 0 saturated carbocycles. The number of amides is 1. The summed E-state index contributed by atoms with van der Waals surface area (Å²) in [4.78, 5) is 23.3. The van der Waals surface area contributed by atoms with Gasteiger partial charge in [0.05, 0.1) is 11.0 Å². The van der Waals surface area contributed by atoms with E-state index in [-0.39, 0.29) is 5.91 Å². The summed E-state index contributed by atoms with van der Waals surface area (Å²) in [5.74, 6) is 1.68. The van der Waals surface area contributed by atoms with Crippen molar-refractivity contribution < 1.29 is 9.53 Å². The first-order chi connectivity index (χ1) is 17.1. The predicted octanol–water partition coefficient (Wildman–Crippen LogP) is 4.50. The van der Waals surface area contributed by atoms with Crippen molar-refractivity contribution in [2.45, 2.75) is 19.3 Å². The van der Waals surface area contributed by atoms with Crippen LogP contribution in [0.5, 0.6) is 11.5 Å². The second-order valence-corrected chi connectivity index (χ2v) is 8.83. The number of benzene rings is 2. The molecule has 1 aliphatic rings. The number of imidazole rings is 1. The van der Waals surface area contributed by atoms with Crippen molar-refractivity contribution in [1.82, 2.24) is 24.8 Å². The lowest BCUT2D eigenvalue weighted by molar-refractivity contribution is 0.0958. The van der Waals surface area contributed by atoms with Crippen LogP contribution in [0.1, 0.15) is 28.9 Å². The highest BCUT2D eigenvalue weighted by Crippen LogP contribution is 2.28. The van der Waals surface area contributed by atoms with Gasteiger partial charge in [-0.3, -0.25) is 9.78 Å². The topological polar surface area (TPSA) is 84.3 Å². The van der Waals surface area contributed by atoms with Gasteiger partial charge in [0, 0.05) is 44.7 Å². The molecule has 1 fully saturated rings. The molecule has 5 rings (SSSR count). The number of anilines is 2. The van der Waals surface area contributed by atoms with E-state index in [1.807, 2.05) is 29.8 Å². The molecule has 180 valence electrons. The molecule has 8 nitrogen and oxygen atoms in total. The Morgan fingerprint density at radius 2 is 1.89 bits per heavy atom. The van der Waals surface area contributed by atoms with E-state index in [4.69, 9.17) is 9.72 Å². The number of fused-ring (bicyclic) bond motifs is 1. The molecular weight excluding hydrogens is 440 g/mol. The first-order valence-corrected chi connectivity index (χ1v) is 12.0. The lowest BCUT2D eigenvalue weighted by atomic mass is 10.1. The largest absolute Gasteiger partial charge is 0.457 e. The first-order valence-electron chi connectivity index (χ1n) is 12.0. The number of rotatable bonds is 8. The third-order valence-electron chi connectivity index (χ3n) is 6.38. The summed E-state index contributed by atoms with van der Waals surface area (Å²) in [6, 6.07) is 17.7. The number of carbonyl (C=O) groups is 1. The summed E-state index contributed by atoms with van der Waals surface area (Å²) in [5, 5.41) is 6.04. The Balaban J connectivity index is 1.31. The molecular formula is C27H30N6O2. The van der Waals surface area contributed by atoms with Gasteiger partial charge in [-0.25, -0.2) is 4.98 Å². The molecule has 0 radical (unpaired) electrons. The summed E-state index contributed by atoms with van der Waals surface area (Å²) < 4.78 is 8.01. The summed E-state index contributed by atoms with van der Waals surface area (Å²) in [6.45, 7) is 3.56. The Bertz CT molecular complexity index is 1340. The number of aryl methyl sites for hydroxylation is 1. The van der Waals surface area contributed by atoms with Crippen LogP contribution in [0.25, 0.3) is 11.0 Å². The number of nitrogens with one attached hydrogen (secondary N) is 2. The second-order valence-electron chi connectivity index (χ2n) is 8.83. The van der Waals surface area contributed by atoms with E-state index in [0.29, 0.717) is 17.2 Å². The highest BCUT2D eigenvalue weighted by molar-refractivity contribution is 5.92. The van der Waals surface area contributed by atoms with Gasteiger partial charge in [0.15, 0.2) is 0 Å². The van der Waals surface area contributed by atoms with E-state index in [2.05, 4.69) is 44.8 Å². The molecule has 2 aromatic heterocycles. The lowest BCUT2D eigenvalue weighted by Crippen LogP contribution is -2.21. The van der Waals surface area contributed by atoms with Crippen LogP contribution in [0.15, 0.2) is 60.8 Å². The number of hydrogen-bond acceptors (Lipinski definition) is 6. The summed E-state index contributed by atoms with van der Waals surface area (Å²) in [7, 11) is 3.57. The average Bonchev–Trinajstić information content (AvgIpc) is 3.51. The fraction of sp³-hybridized carbons (Fsp3) is 0.296. The maximum absolute atomic E-state index is 11.8. The number of ether oxygens (including phenoxy) is 1. The number of likely N-dealkylation sites (tertiary alicyclic amines) is 1. The minimum Gasteiger partial charge on any atom is -0.457 e. The quantitative estimate of drug-likeness (QED) is 0.394. The summed E-state index contributed by atoms with van der Waals surface area (Å²) in [6.07, 6.45) is 5.25. The second kappa shape index (κ2) is 10.1. The van der Waals surface area contributed by atoms with Crippen LogP contribution in [-0.2, 0) is 13.5 Å². The number of carbonyl (C=O) groups excluding carboxylic acids is 1. The van der Waals surface area contributed by atoms with E-state index >= 15 is 0 Å². The molecule has 2 N–H and O–H groups in total. The van der Waals surface area contributed by atoms with Crippen molar-refractivity contribution in [2.24, 2.45) is 7.05 Å². The van der Waals surface area contributed by atoms with Crippen LogP contribution >= 0.6 is 0 Å². The Hall–Kier alpha value is -3.91. The minimum atomic E-state index is -0.258. The summed E-state index contributed by atoms with van der Waals surface area (Å²) in [5.41, 5.74) is 4.46. The van der Waals surface area contributed by atoms with E-state index < -0.39 is 0 Å². The highest BCUT2D eigenvalue weighted by Gasteiger charge is 2.13. The minimum absolute atomic E-state index is 0.258. The SMILES string of the molecule is CNC(=O)c1cc(Oc2ccc3c(c2)nc(Nc2cccc(CCN4CCCC4)c2)n3C)ccn1. The Morgan fingerprint density at radius 1 is 1.06 bits per heavy atom. The van der Waals surface area contributed by atoms with Crippen LogP contribution in [0.4, 0.5) is 11.6 Å². The maximum atomic E-state index is 11.8. The molecule has 35 heavy (non-hydrogen) atoms. The van der Waals surface area contributed by atoms with Gasteiger partial charge < -0.3 is 24.8 Å². The molecule has 3 heterocycles. The average molecular weight is 471 g/mol. The highest BCUT2D eigenvalue weighted by atomic mass is 16.5. The van der Waals surface area contributed by atoms with E-state index in [0.717, 1.165) is 35.6 Å². The van der Waals surface area contributed by atoms with E-state index in [9.17, 15) is 4.79 Å². The molecule has 1 amide bonds. The zero-order valence-electron chi connectivity index (χ0n) is 20.1. The van der Waals surface area contributed by atoms with Gasteiger partial charge in [-0.2, -0.15) is 0 Å². The summed E-state index contributed by atoms with van der Waals surface area (Å²) >= 11 is 0. The lowest BCUT2D eigenvalue weighted by Gasteiger charge is -2.14. The molecule has 0 atom stereocenters. The Labute approximate surface area is 204 Å². The van der Waals surface area contributed by atoms with Gasteiger partial charge in [-0.05, 0) is 68.2 Å². The van der Waals surface area contributed by atoms with Crippen LogP contribution in [0.2, 0.25) is 0 Å². The fourth-order valence-electron chi connectivity index (χ4n) is 4.45. The van der Waals surface area contributed by atoms with Gasteiger partial charge in [-0.1, -0.05) is 12.1 Å². The van der Waals surface area contributed by atoms with Crippen LogP contribution in [-0.4, -0.2) is 52.0 Å². The monoisotopic (exact) mass is 470 g/mol. The molecule has 1 saturated heterocycles. The molecule has 1 aliphatic heterocycles. The first kappa shape index (κ1) is 22.9. The van der Waals surface area contributed by atoms with Gasteiger partial charge in [0.2, 0.25) is 5.95 Å². The Kier molecular flexibility index (Phi) is 6.63. The van der Waals surface area contributed by atoms with Crippen molar-refractivity contribution in [2.75, 3.05) is 32.0 Å². The number of nitrogens with zero attached hydrogens (tertiary/aromatic N) is 4. The van der Waals surface area contributed by atoms with Crippen molar-refractivity contribution in [3.05, 3.63) is 72.1 Å². The van der Waals surface area contributed by atoms with Gasteiger partial charge in [0.25, 0.3) is 5.91 Å². The van der Waals surface area contributed by atoms with E-state index in [1.54, 1.807) is 25.4 Å². The third kappa shape index (κ3) is 5.27. The van der Waals surface area contributed by atoms with Gasteiger partial charge in [0.1, 0.15) is 17.2 Å². The zero-order valence-corrected chi connectivity index (χ0v) is 20.1. The zero-order chi connectivity index (χ0) is 24.2. The third-order valence-corrected chi connectivity index (χ3v) is 6.38. The molecule has 0 unspecified atom stereocenters. The van der Waals surface area contributed by atoms with Gasteiger partial charge in [-0.15, -0.1) is 0 Å². The molecule has 0 aliphatic carbocycles. The van der Waals surface area contributed by atoms with Crippen molar-refractivity contribution in [3.8, 4) is 11.5 Å².